The molecule has 0 fully saturated rings. The van der Waals surface area contributed by atoms with Gasteiger partial charge in [-0.3, -0.25) is 9.59 Å². The van der Waals surface area contributed by atoms with Gasteiger partial charge in [-0.25, -0.2) is 0 Å². The lowest BCUT2D eigenvalue weighted by Crippen LogP contribution is -2.38. The minimum atomic E-state index is -0.199. The van der Waals surface area contributed by atoms with E-state index in [-0.39, 0.29) is 24.9 Å². The Hall–Kier alpha value is -2.32. The van der Waals surface area contributed by atoms with E-state index in [1.807, 2.05) is 26.0 Å². The molecule has 0 atom stereocenters. The molecule has 0 saturated carbocycles. The average Bonchev–Trinajstić information content (AvgIpc) is 2.45. The van der Waals surface area contributed by atoms with Gasteiger partial charge in [-0.2, -0.15) is 0 Å². The van der Waals surface area contributed by atoms with Gasteiger partial charge in [0.25, 0.3) is 5.91 Å². The van der Waals surface area contributed by atoms with Gasteiger partial charge in [-0.05, 0) is 31.5 Å². The van der Waals surface area contributed by atoms with Gasteiger partial charge in [0, 0.05) is 24.7 Å². The highest BCUT2D eigenvalue weighted by Gasteiger charge is 2.16. The van der Waals surface area contributed by atoms with Crippen LogP contribution in [0.1, 0.15) is 28.4 Å². The molecule has 2 amide bonds. The zero-order valence-electron chi connectivity index (χ0n) is 12.7. The Morgan fingerprint density at radius 1 is 1.38 bits per heavy atom. The molecule has 3 N–H and O–H groups in total. The number of rotatable bonds is 4. The highest BCUT2D eigenvalue weighted by atomic mass is 16.2. The second kappa shape index (κ2) is 8.08. The van der Waals surface area contributed by atoms with Crippen LogP contribution in [0.15, 0.2) is 18.2 Å². The van der Waals surface area contributed by atoms with Crippen molar-refractivity contribution in [3.8, 4) is 11.8 Å². The van der Waals surface area contributed by atoms with Crippen molar-refractivity contribution in [3.05, 3.63) is 34.9 Å². The van der Waals surface area contributed by atoms with Gasteiger partial charge in [0.15, 0.2) is 0 Å². The molecule has 1 aromatic rings. The van der Waals surface area contributed by atoms with E-state index in [0.717, 1.165) is 11.1 Å². The molecule has 0 aliphatic rings. The number of carbonyl (C=O) groups excluding carboxylic acids is 2. The van der Waals surface area contributed by atoms with Gasteiger partial charge in [0.2, 0.25) is 5.91 Å². The van der Waals surface area contributed by atoms with Gasteiger partial charge >= 0.3 is 0 Å². The first-order valence-electron chi connectivity index (χ1n) is 6.81. The van der Waals surface area contributed by atoms with Crippen molar-refractivity contribution < 1.29 is 9.59 Å². The Morgan fingerprint density at radius 3 is 2.71 bits per heavy atom. The van der Waals surface area contributed by atoms with Crippen molar-refractivity contribution in [2.24, 2.45) is 5.73 Å². The molecule has 112 valence electrons. The lowest BCUT2D eigenvalue weighted by molar-refractivity contribution is -0.121. The normalized spacial score (nSPS) is 9.52. The van der Waals surface area contributed by atoms with E-state index in [1.165, 1.54) is 4.90 Å². The fourth-order valence-corrected chi connectivity index (χ4v) is 1.83. The Morgan fingerprint density at radius 2 is 2.10 bits per heavy atom. The number of hydrogen-bond donors (Lipinski definition) is 2. The molecule has 21 heavy (non-hydrogen) atoms. The standard InChI is InChI=1S/C16H21N3O2/c1-4-18-15(20)11-19(3)16(21)14-10-13(6-5-9-17)8-7-12(14)2/h7-8,10H,4,9,11,17H2,1-3H3,(H,18,20). The average molecular weight is 287 g/mol. The van der Waals surface area contributed by atoms with Crippen molar-refractivity contribution in [2.75, 3.05) is 26.7 Å². The van der Waals surface area contributed by atoms with Crippen LogP contribution in [0, 0.1) is 18.8 Å². The summed E-state index contributed by atoms with van der Waals surface area (Å²) in [5.74, 6) is 5.28. The molecule has 5 nitrogen and oxygen atoms in total. The molecular weight excluding hydrogens is 266 g/mol. The highest BCUT2D eigenvalue weighted by Crippen LogP contribution is 2.13. The quantitative estimate of drug-likeness (QED) is 0.792. The summed E-state index contributed by atoms with van der Waals surface area (Å²) in [4.78, 5) is 25.3. The van der Waals surface area contributed by atoms with Crippen LogP contribution in [0.3, 0.4) is 0 Å². The molecule has 0 saturated heterocycles. The molecular formula is C16H21N3O2. The van der Waals surface area contributed by atoms with Gasteiger partial charge in [-0.15, -0.1) is 0 Å². The lowest BCUT2D eigenvalue weighted by atomic mass is 10.0. The molecule has 0 aromatic heterocycles. The zero-order chi connectivity index (χ0) is 15.8. The van der Waals surface area contributed by atoms with Crippen molar-refractivity contribution >= 4 is 11.8 Å². The number of aryl methyl sites for hydroxylation is 1. The minimum absolute atomic E-state index is 0.0326. The van der Waals surface area contributed by atoms with E-state index < -0.39 is 0 Å². The summed E-state index contributed by atoms with van der Waals surface area (Å²) in [6, 6.07) is 5.42. The molecule has 0 spiro atoms. The fourth-order valence-electron chi connectivity index (χ4n) is 1.83. The third-order valence-electron chi connectivity index (χ3n) is 2.90. The molecule has 0 unspecified atom stereocenters. The molecule has 0 bridgehead atoms. The van der Waals surface area contributed by atoms with E-state index in [9.17, 15) is 9.59 Å². The monoisotopic (exact) mass is 287 g/mol. The van der Waals surface area contributed by atoms with E-state index >= 15 is 0 Å². The van der Waals surface area contributed by atoms with Gasteiger partial charge in [0.05, 0.1) is 13.1 Å². The number of amides is 2. The third kappa shape index (κ3) is 4.93. The highest BCUT2D eigenvalue weighted by molar-refractivity contribution is 5.97. The summed E-state index contributed by atoms with van der Waals surface area (Å²) in [5, 5.41) is 2.67. The zero-order valence-corrected chi connectivity index (χ0v) is 12.7. The summed E-state index contributed by atoms with van der Waals surface area (Å²) in [6.07, 6.45) is 0. The van der Waals surface area contributed by atoms with Crippen LogP contribution in [0.2, 0.25) is 0 Å². The number of likely N-dealkylation sites (N-methyl/N-ethyl adjacent to an activating group) is 2. The molecule has 1 rings (SSSR count). The van der Waals surface area contributed by atoms with Crippen molar-refractivity contribution in [2.45, 2.75) is 13.8 Å². The van der Waals surface area contributed by atoms with Gasteiger partial charge in [-0.1, -0.05) is 17.9 Å². The molecule has 0 radical (unpaired) electrons. The topological polar surface area (TPSA) is 75.4 Å². The van der Waals surface area contributed by atoms with Crippen LogP contribution < -0.4 is 11.1 Å². The van der Waals surface area contributed by atoms with Crippen LogP contribution in [-0.4, -0.2) is 43.4 Å². The molecule has 0 aliphatic heterocycles. The third-order valence-corrected chi connectivity index (χ3v) is 2.90. The number of nitrogens with zero attached hydrogens (tertiary/aromatic N) is 1. The Balaban J connectivity index is 2.92. The van der Waals surface area contributed by atoms with E-state index in [0.29, 0.717) is 12.1 Å². The summed E-state index contributed by atoms with van der Waals surface area (Å²) >= 11 is 0. The van der Waals surface area contributed by atoms with E-state index in [2.05, 4.69) is 17.2 Å². The SMILES string of the molecule is CCNC(=O)CN(C)C(=O)c1cc(C#CCN)ccc1C. The predicted octanol–water partition coefficient (Wildman–Crippen LogP) is 0.513. The predicted molar refractivity (Wildman–Crippen MR) is 82.8 cm³/mol. The Bertz CT molecular complexity index is 585. The van der Waals surface area contributed by atoms with Crippen molar-refractivity contribution in [1.29, 1.82) is 0 Å². The minimum Gasteiger partial charge on any atom is -0.355 e. The van der Waals surface area contributed by atoms with Crippen LogP contribution in [0.25, 0.3) is 0 Å². The molecule has 1 aromatic carbocycles. The first-order valence-corrected chi connectivity index (χ1v) is 6.81. The van der Waals surface area contributed by atoms with Gasteiger partial charge < -0.3 is 16.0 Å². The molecule has 0 aliphatic carbocycles. The van der Waals surface area contributed by atoms with Gasteiger partial charge in [0.1, 0.15) is 0 Å². The van der Waals surface area contributed by atoms with Crippen molar-refractivity contribution in [1.82, 2.24) is 10.2 Å². The number of benzene rings is 1. The number of nitrogens with one attached hydrogen (secondary N) is 1. The van der Waals surface area contributed by atoms with Crippen LogP contribution in [0.4, 0.5) is 0 Å². The van der Waals surface area contributed by atoms with E-state index in [1.54, 1.807) is 13.1 Å². The maximum Gasteiger partial charge on any atom is 0.254 e. The Kier molecular flexibility index (Phi) is 6.44. The van der Waals surface area contributed by atoms with Crippen molar-refractivity contribution in [3.63, 3.8) is 0 Å². The largest absolute Gasteiger partial charge is 0.355 e. The van der Waals surface area contributed by atoms with Crippen LogP contribution in [0.5, 0.6) is 0 Å². The van der Waals surface area contributed by atoms with E-state index in [4.69, 9.17) is 5.73 Å². The molecule has 5 heteroatoms. The number of hydrogen-bond acceptors (Lipinski definition) is 3. The first kappa shape index (κ1) is 16.7. The second-order valence-corrected chi connectivity index (χ2v) is 4.65. The fraction of sp³-hybridized carbons (Fsp3) is 0.375. The molecule has 0 heterocycles. The summed E-state index contributed by atoms with van der Waals surface area (Å²) in [5.41, 5.74) is 7.47. The maximum atomic E-state index is 12.4. The smallest absolute Gasteiger partial charge is 0.254 e. The maximum absolute atomic E-state index is 12.4. The first-order chi connectivity index (χ1) is 9.99. The second-order valence-electron chi connectivity index (χ2n) is 4.65. The summed E-state index contributed by atoms with van der Waals surface area (Å²) in [7, 11) is 1.61. The van der Waals surface area contributed by atoms with Crippen LogP contribution >= 0.6 is 0 Å². The van der Waals surface area contributed by atoms with Crippen LogP contribution in [-0.2, 0) is 4.79 Å². The summed E-state index contributed by atoms with van der Waals surface area (Å²) in [6.45, 7) is 4.54. The lowest BCUT2D eigenvalue weighted by Gasteiger charge is -2.18. The number of carbonyl (C=O) groups is 2. The summed E-state index contributed by atoms with van der Waals surface area (Å²) < 4.78 is 0. The Labute approximate surface area is 125 Å². The number of nitrogens with two attached hydrogens (primary N) is 1.